The molecule has 0 radical (unpaired) electrons. The van der Waals surface area contributed by atoms with E-state index < -0.39 is 10.0 Å². The topological polar surface area (TPSA) is 64.6 Å². The molecule has 0 spiro atoms. The first-order valence-electron chi connectivity index (χ1n) is 6.94. The summed E-state index contributed by atoms with van der Waals surface area (Å²) in [6, 6.07) is 14.3. The average Bonchev–Trinajstić information content (AvgIpc) is 2.55. The number of sulfonamides is 1. The summed E-state index contributed by atoms with van der Waals surface area (Å²) >= 11 is 1.49. The second-order valence-corrected chi connectivity index (χ2v) is 7.34. The molecule has 0 aliphatic rings. The largest absolute Gasteiger partial charge is 0.497 e. The fourth-order valence-electron chi connectivity index (χ4n) is 1.89. The smallest absolute Gasteiger partial charge is 0.236 e. The minimum absolute atomic E-state index is 0.0725. The molecule has 5 nitrogen and oxygen atoms in total. The summed E-state index contributed by atoms with van der Waals surface area (Å²) in [5.41, 5.74) is 0.587. The van der Waals surface area contributed by atoms with E-state index in [0.29, 0.717) is 11.4 Å². The number of nitrogens with one attached hydrogen (secondary N) is 1. The molecule has 0 atom stereocenters. The number of methoxy groups -OCH3 is 1. The summed E-state index contributed by atoms with van der Waals surface area (Å²) < 4.78 is 37.4. The highest BCUT2D eigenvalue weighted by Crippen LogP contribution is 2.25. The monoisotopic (exact) mass is 353 g/mol. The maximum absolute atomic E-state index is 12.1. The van der Waals surface area contributed by atoms with Gasteiger partial charge in [-0.2, -0.15) is 0 Å². The minimum Gasteiger partial charge on any atom is -0.497 e. The van der Waals surface area contributed by atoms with Crippen LogP contribution in [0.5, 0.6) is 11.5 Å². The van der Waals surface area contributed by atoms with E-state index in [-0.39, 0.29) is 12.4 Å². The van der Waals surface area contributed by atoms with Crippen LogP contribution in [0.3, 0.4) is 0 Å². The standard InChI is InChI=1S/C16H19NO4S2/c1-20-13-7-9-14(10-8-13)21-11-12-23(18,19)17-15-5-3-4-6-16(15)22-2/h3-10,17H,11-12H2,1-2H3. The number of benzene rings is 2. The van der Waals surface area contributed by atoms with Gasteiger partial charge in [0, 0.05) is 4.90 Å². The number of thioether (sulfide) groups is 1. The molecule has 0 bridgehead atoms. The van der Waals surface area contributed by atoms with Crippen LogP contribution in [0.2, 0.25) is 0 Å². The number of para-hydroxylation sites is 1. The number of anilines is 1. The van der Waals surface area contributed by atoms with Crippen molar-refractivity contribution in [2.75, 3.05) is 30.4 Å². The van der Waals surface area contributed by atoms with Gasteiger partial charge in [-0.05, 0) is 42.7 Å². The summed E-state index contributed by atoms with van der Waals surface area (Å²) in [5, 5.41) is 0. The van der Waals surface area contributed by atoms with Crippen molar-refractivity contribution in [2.24, 2.45) is 0 Å². The first kappa shape index (κ1) is 17.5. The lowest BCUT2D eigenvalue weighted by Crippen LogP contribution is -2.21. The maximum atomic E-state index is 12.1. The summed E-state index contributed by atoms with van der Waals surface area (Å²) in [5.74, 6) is 1.20. The van der Waals surface area contributed by atoms with Crippen molar-refractivity contribution in [1.82, 2.24) is 0 Å². The molecule has 0 unspecified atom stereocenters. The SMILES string of the molecule is COc1ccc(OCCS(=O)(=O)Nc2ccccc2SC)cc1. The van der Waals surface area contributed by atoms with Gasteiger partial charge in [-0.25, -0.2) is 8.42 Å². The average molecular weight is 353 g/mol. The summed E-state index contributed by atoms with van der Waals surface area (Å²) in [7, 11) is -1.88. The highest BCUT2D eigenvalue weighted by atomic mass is 32.2. The Bertz CT molecular complexity index is 730. The summed E-state index contributed by atoms with van der Waals surface area (Å²) in [6.07, 6.45) is 1.90. The van der Waals surface area contributed by atoms with Crippen molar-refractivity contribution in [2.45, 2.75) is 4.90 Å². The lowest BCUT2D eigenvalue weighted by Gasteiger charge is -2.12. The van der Waals surface area contributed by atoms with Crippen LogP contribution < -0.4 is 14.2 Å². The van der Waals surface area contributed by atoms with Crippen LogP contribution in [0.25, 0.3) is 0 Å². The molecule has 23 heavy (non-hydrogen) atoms. The molecule has 0 saturated heterocycles. The van der Waals surface area contributed by atoms with E-state index in [0.717, 1.165) is 10.6 Å². The normalized spacial score (nSPS) is 11.0. The Balaban J connectivity index is 1.90. The predicted octanol–water partition coefficient (Wildman–Crippen LogP) is 3.24. The van der Waals surface area contributed by atoms with Crippen LogP contribution in [-0.4, -0.2) is 34.1 Å². The Morgan fingerprint density at radius 1 is 1.04 bits per heavy atom. The Hall–Kier alpha value is -1.86. The van der Waals surface area contributed by atoms with E-state index in [2.05, 4.69) is 4.72 Å². The molecule has 0 saturated carbocycles. The molecule has 1 N–H and O–H groups in total. The van der Waals surface area contributed by atoms with Gasteiger partial charge in [0.05, 0.1) is 12.8 Å². The molecule has 0 aliphatic carbocycles. The van der Waals surface area contributed by atoms with Crippen LogP contribution in [0, 0.1) is 0 Å². The first-order chi connectivity index (χ1) is 11.0. The molecule has 2 aromatic rings. The zero-order chi connectivity index (χ0) is 16.7. The molecule has 124 valence electrons. The third-order valence-electron chi connectivity index (χ3n) is 3.05. The van der Waals surface area contributed by atoms with E-state index in [1.165, 1.54) is 11.8 Å². The molecular weight excluding hydrogens is 334 g/mol. The lowest BCUT2D eigenvalue weighted by atomic mass is 10.3. The fraction of sp³-hybridized carbons (Fsp3) is 0.250. The van der Waals surface area contributed by atoms with Crippen LogP contribution in [0.1, 0.15) is 0 Å². The quantitative estimate of drug-likeness (QED) is 0.738. The molecule has 0 aliphatic heterocycles. The van der Waals surface area contributed by atoms with Gasteiger partial charge >= 0.3 is 0 Å². The zero-order valence-corrected chi connectivity index (χ0v) is 14.6. The van der Waals surface area contributed by atoms with Crippen molar-refractivity contribution >= 4 is 27.5 Å². The van der Waals surface area contributed by atoms with Crippen LogP contribution in [-0.2, 0) is 10.0 Å². The molecular formula is C16H19NO4S2. The van der Waals surface area contributed by atoms with Gasteiger partial charge in [0.15, 0.2) is 0 Å². The number of rotatable bonds is 8. The molecule has 0 aromatic heterocycles. The van der Waals surface area contributed by atoms with Gasteiger partial charge < -0.3 is 9.47 Å². The Morgan fingerprint density at radius 2 is 1.70 bits per heavy atom. The van der Waals surface area contributed by atoms with Crippen LogP contribution in [0.4, 0.5) is 5.69 Å². The third kappa shape index (κ3) is 5.37. The molecule has 0 heterocycles. The predicted molar refractivity (Wildman–Crippen MR) is 94.1 cm³/mol. The fourth-order valence-corrected chi connectivity index (χ4v) is 3.42. The third-order valence-corrected chi connectivity index (χ3v) is 5.08. The number of hydrogen-bond acceptors (Lipinski definition) is 5. The maximum Gasteiger partial charge on any atom is 0.236 e. The van der Waals surface area contributed by atoms with E-state index in [1.54, 1.807) is 43.5 Å². The Morgan fingerprint density at radius 3 is 2.35 bits per heavy atom. The zero-order valence-electron chi connectivity index (χ0n) is 13.0. The van der Waals surface area contributed by atoms with E-state index in [4.69, 9.17) is 9.47 Å². The second kappa shape index (κ2) is 8.12. The van der Waals surface area contributed by atoms with Crippen molar-refractivity contribution < 1.29 is 17.9 Å². The lowest BCUT2D eigenvalue weighted by molar-refractivity contribution is 0.340. The van der Waals surface area contributed by atoms with Crippen molar-refractivity contribution in [1.29, 1.82) is 0 Å². The van der Waals surface area contributed by atoms with Crippen molar-refractivity contribution in [3.8, 4) is 11.5 Å². The summed E-state index contributed by atoms with van der Waals surface area (Å²) in [6.45, 7) is 0.0725. The van der Waals surface area contributed by atoms with Crippen LogP contribution >= 0.6 is 11.8 Å². The van der Waals surface area contributed by atoms with Gasteiger partial charge in [-0.15, -0.1) is 11.8 Å². The van der Waals surface area contributed by atoms with Gasteiger partial charge in [0.2, 0.25) is 10.0 Å². The highest BCUT2D eigenvalue weighted by Gasteiger charge is 2.13. The van der Waals surface area contributed by atoms with E-state index in [9.17, 15) is 8.42 Å². The van der Waals surface area contributed by atoms with E-state index >= 15 is 0 Å². The van der Waals surface area contributed by atoms with Gasteiger partial charge in [0.25, 0.3) is 0 Å². The van der Waals surface area contributed by atoms with Crippen molar-refractivity contribution in [3.63, 3.8) is 0 Å². The minimum atomic E-state index is -3.46. The van der Waals surface area contributed by atoms with Crippen LogP contribution in [0.15, 0.2) is 53.4 Å². The Kier molecular flexibility index (Phi) is 6.18. The van der Waals surface area contributed by atoms with Gasteiger partial charge in [0.1, 0.15) is 23.9 Å². The van der Waals surface area contributed by atoms with Gasteiger partial charge in [-0.3, -0.25) is 4.72 Å². The number of ether oxygens (including phenoxy) is 2. The molecule has 7 heteroatoms. The highest BCUT2D eigenvalue weighted by molar-refractivity contribution is 7.99. The molecule has 0 fully saturated rings. The molecule has 2 rings (SSSR count). The van der Waals surface area contributed by atoms with Gasteiger partial charge in [-0.1, -0.05) is 12.1 Å². The van der Waals surface area contributed by atoms with Crippen molar-refractivity contribution in [3.05, 3.63) is 48.5 Å². The number of hydrogen-bond donors (Lipinski definition) is 1. The summed E-state index contributed by atoms with van der Waals surface area (Å²) in [4.78, 5) is 0.882. The second-order valence-electron chi connectivity index (χ2n) is 4.65. The van der Waals surface area contributed by atoms with E-state index in [1.807, 2.05) is 18.4 Å². The molecule has 0 amide bonds. The molecule has 2 aromatic carbocycles. The first-order valence-corrected chi connectivity index (χ1v) is 9.82. The Labute approximate surface area is 141 Å².